The molecule has 2 aliphatic rings. The Kier molecular flexibility index (Phi) is 6.60. The Balaban J connectivity index is 1.86. The summed E-state index contributed by atoms with van der Waals surface area (Å²) in [6.07, 6.45) is 2.17. The molecule has 3 heterocycles. The van der Waals surface area contributed by atoms with Crippen molar-refractivity contribution in [2.75, 3.05) is 54.4 Å². The molecule has 152 valence electrons. The van der Waals surface area contributed by atoms with Crippen molar-refractivity contribution < 1.29 is 5.11 Å². The SMILES string of the molecule is NC1CC(N)CN(c2nc(NCCCO)nc(N3CC(N)CC(N)C3)n2)C1. The van der Waals surface area contributed by atoms with Crippen LogP contribution in [0.4, 0.5) is 17.8 Å². The van der Waals surface area contributed by atoms with Gasteiger partial charge in [0.05, 0.1) is 0 Å². The Morgan fingerprint density at radius 2 is 1.26 bits per heavy atom. The van der Waals surface area contributed by atoms with Gasteiger partial charge < -0.3 is 43.2 Å². The van der Waals surface area contributed by atoms with Crippen molar-refractivity contribution in [1.29, 1.82) is 0 Å². The number of nitrogens with two attached hydrogens (primary N) is 4. The van der Waals surface area contributed by atoms with E-state index in [2.05, 4.69) is 20.3 Å². The van der Waals surface area contributed by atoms with Gasteiger partial charge in [0.15, 0.2) is 0 Å². The summed E-state index contributed by atoms with van der Waals surface area (Å²) in [5.41, 5.74) is 24.5. The summed E-state index contributed by atoms with van der Waals surface area (Å²) in [6.45, 7) is 3.25. The maximum atomic E-state index is 9.01. The van der Waals surface area contributed by atoms with E-state index in [0.717, 1.165) is 12.8 Å². The topological polar surface area (TPSA) is 181 Å². The van der Waals surface area contributed by atoms with Crippen molar-refractivity contribution in [1.82, 2.24) is 15.0 Å². The lowest BCUT2D eigenvalue weighted by Gasteiger charge is -2.37. The Morgan fingerprint density at radius 3 is 1.67 bits per heavy atom. The molecule has 4 atom stereocenters. The lowest BCUT2D eigenvalue weighted by atomic mass is 10.0. The maximum Gasteiger partial charge on any atom is 0.232 e. The van der Waals surface area contributed by atoms with Gasteiger partial charge in [0.2, 0.25) is 17.8 Å². The number of piperidine rings is 2. The third-order valence-corrected chi connectivity index (χ3v) is 4.83. The highest BCUT2D eigenvalue weighted by Crippen LogP contribution is 2.22. The van der Waals surface area contributed by atoms with Crippen LogP contribution in [-0.4, -0.2) is 83.6 Å². The number of anilines is 3. The Hall–Kier alpha value is -1.79. The van der Waals surface area contributed by atoms with Crippen molar-refractivity contribution in [3.63, 3.8) is 0 Å². The number of aliphatic hydroxyl groups is 1. The lowest BCUT2D eigenvalue weighted by molar-refractivity contribution is 0.292. The quantitative estimate of drug-likeness (QED) is 0.284. The predicted molar refractivity (Wildman–Crippen MR) is 106 cm³/mol. The van der Waals surface area contributed by atoms with Crippen LogP contribution in [0.2, 0.25) is 0 Å². The zero-order valence-electron chi connectivity index (χ0n) is 15.7. The van der Waals surface area contributed by atoms with E-state index in [1.54, 1.807) is 0 Å². The van der Waals surface area contributed by atoms with Crippen molar-refractivity contribution in [3.8, 4) is 0 Å². The molecule has 0 amide bonds. The van der Waals surface area contributed by atoms with Crippen molar-refractivity contribution >= 4 is 17.8 Å². The van der Waals surface area contributed by atoms with Crippen LogP contribution in [0.25, 0.3) is 0 Å². The molecule has 2 saturated heterocycles. The summed E-state index contributed by atoms with van der Waals surface area (Å²) in [5, 5.41) is 12.2. The molecular formula is C16H32N10O. The summed E-state index contributed by atoms with van der Waals surface area (Å²) in [6, 6.07) is -0.0682. The zero-order valence-corrected chi connectivity index (χ0v) is 15.7. The summed E-state index contributed by atoms with van der Waals surface area (Å²) >= 11 is 0. The molecule has 0 saturated carbocycles. The third kappa shape index (κ3) is 5.36. The monoisotopic (exact) mass is 380 g/mol. The predicted octanol–water partition coefficient (Wildman–Crippen LogP) is -2.60. The second-order valence-corrected chi connectivity index (χ2v) is 7.58. The first-order chi connectivity index (χ1) is 12.9. The first-order valence-electron chi connectivity index (χ1n) is 9.57. The number of rotatable bonds is 6. The van der Waals surface area contributed by atoms with Gasteiger partial charge in [0.25, 0.3) is 0 Å². The van der Waals surface area contributed by atoms with E-state index in [4.69, 9.17) is 28.0 Å². The number of aromatic nitrogens is 3. The van der Waals surface area contributed by atoms with Gasteiger partial charge in [-0.2, -0.15) is 15.0 Å². The molecule has 0 bridgehead atoms. The first kappa shape index (κ1) is 20.0. The fourth-order valence-electron chi connectivity index (χ4n) is 3.68. The third-order valence-electron chi connectivity index (χ3n) is 4.83. The largest absolute Gasteiger partial charge is 0.396 e. The summed E-state index contributed by atoms with van der Waals surface area (Å²) in [5.74, 6) is 1.55. The van der Waals surface area contributed by atoms with E-state index in [-0.39, 0.29) is 30.8 Å². The number of nitrogens with one attached hydrogen (secondary N) is 1. The molecule has 4 unspecified atom stereocenters. The highest BCUT2D eigenvalue weighted by atomic mass is 16.3. The highest BCUT2D eigenvalue weighted by molar-refractivity contribution is 5.46. The van der Waals surface area contributed by atoms with Crippen LogP contribution in [0, 0.1) is 0 Å². The summed E-state index contributed by atoms with van der Waals surface area (Å²) in [4.78, 5) is 17.8. The standard InChI is InChI=1S/C16H32N10O/c17-10-4-11(18)7-25(6-10)15-22-14(21-2-1-3-27)23-16(24-15)26-8-12(19)5-13(20)9-26/h10-13,27H,1-9,17-20H2,(H,21,22,23,24). The van der Waals surface area contributed by atoms with Gasteiger partial charge in [-0.1, -0.05) is 0 Å². The van der Waals surface area contributed by atoms with E-state index in [1.807, 2.05) is 9.80 Å². The first-order valence-corrected chi connectivity index (χ1v) is 9.57. The molecule has 27 heavy (non-hydrogen) atoms. The van der Waals surface area contributed by atoms with Gasteiger partial charge in [0.1, 0.15) is 0 Å². The fourth-order valence-corrected chi connectivity index (χ4v) is 3.68. The van der Waals surface area contributed by atoms with E-state index in [9.17, 15) is 0 Å². The molecule has 1 aromatic heterocycles. The van der Waals surface area contributed by atoms with E-state index >= 15 is 0 Å². The Labute approximate surface area is 159 Å². The van der Waals surface area contributed by atoms with Crippen LogP contribution < -0.4 is 38.1 Å². The Bertz CT molecular complexity index is 553. The molecular weight excluding hydrogens is 348 g/mol. The van der Waals surface area contributed by atoms with Crippen LogP contribution in [0.15, 0.2) is 0 Å². The van der Waals surface area contributed by atoms with Crippen LogP contribution >= 0.6 is 0 Å². The minimum Gasteiger partial charge on any atom is -0.396 e. The number of nitrogens with zero attached hydrogens (tertiary/aromatic N) is 5. The average Bonchev–Trinajstić information content (AvgIpc) is 2.60. The maximum absolute atomic E-state index is 9.01. The molecule has 2 aliphatic heterocycles. The van der Waals surface area contributed by atoms with Gasteiger partial charge in [0, 0.05) is 63.5 Å². The zero-order chi connectivity index (χ0) is 19.4. The Morgan fingerprint density at radius 1 is 0.815 bits per heavy atom. The van der Waals surface area contributed by atoms with E-state index in [0.29, 0.717) is 57.0 Å². The minimum absolute atomic E-state index is 0.0170. The molecule has 11 heteroatoms. The molecule has 0 aromatic carbocycles. The van der Waals surface area contributed by atoms with Gasteiger partial charge in [-0.3, -0.25) is 0 Å². The number of aliphatic hydroxyl groups excluding tert-OH is 1. The summed E-state index contributed by atoms with van der Waals surface area (Å²) < 4.78 is 0. The normalized spacial score (nSPS) is 29.1. The molecule has 0 spiro atoms. The van der Waals surface area contributed by atoms with Gasteiger partial charge in [-0.15, -0.1) is 0 Å². The van der Waals surface area contributed by atoms with Crippen LogP contribution in [0.3, 0.4) is 0 Å². The van der Waals surface area contributed by atoms with Crippen molar-refractivity contribution in [3.05, 3.63) is 0 Å². The van der Waals surface area contributed by atoms with Gasteiger partial charge >= 0.3 is 0 Å². The van der Waals surface area contributed by atoms with Crippen LogP contribution in [-0.2, 0) is 0 Å². The van der Waals surface area contributed by atoms with Gasteiger partial charge in [-0.25, -0.2) is 0 Å². The lowest BCUT2D eigenvalue weighted by Crippen LogP contribution is -2.54. The smallest absolute Gasteiger partial charge is 0.232 e. The summed E-state index contributed by atoms with van der Waals surface area (Å²) in [7, 11) is 0. The molecule has 0 aliphatic carbocycles. The molecule has 1 aromatic rings. The van der Waals surface area contributed by atoms with Crippen LogP contribution in [0.5, 0.6) is 0 Å². The fraction of sp³-hybridized carbons (Fsp3) is 0.812. The van der Waals surface area contributed by atoms with E-state index < -0.39 is 0 Å². The number of hydrogen-bond acceptors (Lipinski definition) is 11. The molecule has 3 rings (SSSR count). The van der Waals surface area contributed by atoms with Crippen LogP contribution in [0.1, 0.15) is 19.3 Å². The molecule has 0 radical (unpaired) electrons. The molecule has 2 fully saturated rings. The highest BCUT2D eigenvalue weighted by Gasteiger charge is 2.28. The molecule has 10 N–H and O–H groups in total. The van der Waals surface area contributed by atoms with E-state index in [1.165, 1.54) is 0 Å². The number of hydrogen-bond donors (Lipinski definition) is 6. The van der Waals surface area contributed by atoms with Crippen molar-refractivity contribution in [2.24, 2.45) is 22.9 Å². The van der Waals surface area contributed by atoms with Crippen molar-refractivity contribution in [2.45, 2.75) is 43.4 Å². The minimum atomic E-state index is -0.0170. The second-order valence-electron chi connectivity index (χ2n) is 7.58. The van der Waals surface area contributed by atoms with Gasteiger partial charge in [-0.05, 0) is 19.3 Å². The second kappa shape index (κ2) is 8.93. The average molecular weight is 381 g/mol. The molecule has 11 nitrogen and oxygen atoms in total.